The van der Waals surface area contributed by atoms with Crippen molar-refractivity contribution >= 4 is 17.3 Å². The van der Waals surface area contributed by atoms with Crippen LogP contribution in [0.4, 0.5) is 20.2 Å². The van der Waals surface area contributed by atoms with E-state index in [4.69, 9.17) is 4.74 Å². The minimum atomic E-state index is -2.65. The number of amides is 1. The van der Waals surface area contributed by atoms with Crippen molar-refractivity contribution in [2.45, 2.75) is 38.5 Å². The van der Waals surface area contributed by atoms with Crippen molar-refractivity contribution in [1.82, 2.24) is 9.63 Å². The van der Waals surface area contributed by atoms with Gasteiger partial charge in [-0.25, -0.2) is 18.6 Å². The van der Waals surface area contributed by atoms with E-state index < -0.39 is 22.4 Å². The van der Waals surface area contributed by atoms with E-state index in [1.807, 2.05) is 13.0 Å². The second-order valence-electron chi connectivity index (χ2n) is 9.19. The molecule has 7 nitrogen and oxygen atoms in total. The van der Waals surface area contributed by atoms with E-state index in [0.717, 1.165) is 11.3 Å². The number of allylic oxidation sites excluding steroid dienone is 1. The van der Waals surface area contributed by atoms with Crippen LogP contribution in [0.15, 0.2) is 35.7 Å². The van der Waals surface area contributed by atoms with E-state index in [9.17, 15) is 24.0 Å². The molecule has 1 saturated carbocycles. The number of hydrogen-bond acceptors (Lipinski definition) is 6. The highest BCUT2D eigenvalue weighted by Gasteiger charge is 2.49. The summed E-state index contributed by atoms with van der Waals surface area (Å²) in [6.45, 7) is 3.70. The highest BCUT2D eigenvalue weighted by molar-refractivity contribution is 6.09. The number of carbonyl (C=O) groups is 1. The standard InChI is InChI=1S/C24H22F2N4O3/c1-12-10-28-22(33-11-15-7-24(25,26)8-15)20-19-16-5-4-14(9-27)6-17(16)30(3,32)23(31)18(19)13(2)29-21(12)20/h4-6,10,15,19,29H,7-8,11H2,1-3H3/t19-,30?/m0/s1. The van der Waals surface area contributed by atoms with E-state index in [2.05, 4.69) is 10.3 Å². The van der Waals surface area contributed by atoms with E-state index in [1.165, 1.54) is 13.1 Å². The van der Waals surface area contributed by atoms with Gasteiger partial charge in [0.25, 0.3) is 0 Å². The molecule has 1 N–H and O–H groups in total. The number of hydrogen-bond donors (Lipinski definition) is 1. The Morgan fingerprint density at radius 3 is 2.76 bits per heavy atom. The van der Waals surface area contributed by atoms with Gasteiger partial charge in [0.05, 0.1) is 48.0 Å². The zero-order valence-corrected chi connectivity index (χ0v) is 18.4. The second-order valence-corrected chi connectivity index (χ2v) is 9.19. The monoisotopic (exact) mass is 452 g/mol. The van der Waals surface area contributed by atoms with Crippen LogP contribution >= 0.6 is 0 Å². The molecule has 1 fully saturated rings. The molecule has 1 aromatic heterocycles. The quantitative estimate of drug-likeness (QED) is 0.544. The number of fused-ring (bicyclic) bond motifs is 5. The highest BCUT2D eigenvalue weighted by atomic mass is 19.3. The third-order valence-electron chi connectivity index (χ3n) is 6.74. The minimum absolute atomic E-state index is 0.0896. The smallest absolute Gasteiger partial charge is 0.349 e. The number of likely N-dealkylation sites (N-methyl/N-ethyl adjacent to an activating group) is 1. The summed E-state index contributed by atoms with van der Waals surface area (Å²) in [6, 6.07) is 6.78. The number of nitrogens with one attached hydrogen (secondary N) is 1. The summed E-state index contributed by atoms with van der Waals surface area (Å²) in [5, 5.41) is 26.0. The lowest BCUT2D eigenvalue weighted by atomic mass is 9.76. The number of halogens is 2. The van der Waals surface area contributed by atoms with E-state index in [1.54, 1.807) is 25.3 Å². The maximum Gasteiger partial charge on any atom is 0.349 e. The first-order chi connectivity index (χ1) is 15.5. The number of carbonyl (C=O) groups excluding carboxylic acids is 1. The molecule has 9 heteroatoms. The van der Waals surface area contributed by atoms with E-state index in [-0.39, 0.29) is 42.5 Å². The average Bonchev–Trinajstić information content (AvgIpc) is 2.75. The molecule has 170 valence electrons. The Morgan fingerprint density at radius 2 is 2.09 bits per heavy atom. The maximum absolute atomic E-state index is 13.4. The van der Waals surface area contributed by atoms with Crippen LogP contribution in [-0.2, 0) is 4.79 Å². The molecule has 3 aliphatic rings. The Balaban J connectivity index is 1.66. The molecule has 2 atom stereocenters. The lowest BCUT2D eigenvalue weighted by Crippen LogP contribution is -2.51. The molecular weight excluding hydrogens is 430 g/mol. The van der Waals surface area contributed by atoms with E-state index in [0.29, 0.717) is 22.4 Å². The molecular formula is C24H22F2N4O3. The number of pyridine rings is 1. The van der Waals surface area contributed by atoms with Crippen molar-refractivity contribution in [2.24, 2.45) is 5.92 Å². The molecule has 5 rings (SSSR count). The number of ether oxygens (including phenoxy) is 1. The largest absolute Gasteiger partial charge is 0.620 e. The Morgan fingerprint density at radius 1 is 1.36 bits per heavy atom. The topological polar surface area (TPSA) is 98.1 Å². The zero-order valence-electron chi connectivity index (χ0n) is 18.4. The number of aromatic nitrogens is 1. The molecule has 3 heterocycles. The summed E-state index contributed by atoms with van der Waals surface area (Å²) in [5.74, 6) is -3.93. The lowest BCUT2D eigenvalue weighted by molar-refractivity contribution is -0.124. The summed E-state index contributed by atoms with van der Waals surface area (Å²) in [6.07, 6.45) is 1.18. The van der Waals surface area contributed by atoms with Crippen LogP contribution in [0.1, 0.15) is 47.9 Å². The first-order valence-electron chi connectivity index (χ1n) is 10.7. The van der Waals surface area contributed by atoms with Crippen LogP contribution in [0.2, 0.25) is 0 Å². The minimum Gasteiger partial charge on any atom is -0.620 e. The van der Waals surface area contributed by atoms with Crippen molar-refractivity contribution < 1.29 is 18.3 Å². The molecule has 0 radical (unpaired) electrons. The van der Waals surface area contributed by atoms with Gasteiger partial charge < -0.3 is 15.3 Å². The molecule has 1 unspecified atom stereocenters. The van der Waals surface area contributed by atoms with Crippen molar-refractivity contribution in [3.05, 3.63) is 63.1 Å². The van der Waals surface area contributed by atoms with Crippen LogP contribution in [0, 0.1) is 29.4 Å². The van der Waals surface area contributed by atoms with Gasteiger partial charge in [-0.1, -0.05) is 6.07 Å². The van der Waals surface area contributed by atoms with Crippen LogP contribution in [0.3, 0.4) is 0 Å². The molecule has 0 saturated heterocycles. The molecule has 1 aromatic carbocycles. The van der Waals surface area contributed by atoms with Crippen LogP contribution < -0.4 is 14.7 Å². The number of rotatable bonds is 3. The van der Waals surface area contributed by atoms with Gasteiger partial charge in [0, 0.05) is 42.3 Å². The zero-order chi connectivity index (χ0) is 23.7. The Bertz CT molecular complexity index is 1270. The maximum atomic E-state index is 13.4. The van der Waals surface area contributed by atoms with Crippen molar-refractivity contribution in [3.8, 4) is 11.9 Å². The number of aryl methyl sites for hydroxylation is 1. The second kappa shape index (κ2) is 7.07. The third kappa shape index (κ3) is 3.21. The molecule has 1 aliphatic carbocycles. The Kier molecular flexibility index (Phi) is 4.61. The third-order valence-corrected chi connectivity index (χ3v) is 6.74. The van der Waals surface area contributed by atoms with Gasteiger partial charge in [-0.3, -0.25) is 4.65 Å². The predicted molar refractivity (Wildman–Crippen MR) is 118 cm³/mol. The Hall–Kier alpha value is -3.35. The van der Waals surface area contributed by atoms with Gasteiger partial charge in [0.2, 0.25) is 11.8 Å². The summed E-state index contributed by atoms with van der Waals surface area (Å²) >= 11 is 0. The van der Waals surface area contributed by atoms with Crippen LogP contribution in [-0.4, -0.2) is 30.5 Å². The van der Waals surface area contributed by atoms with Gasteiger partial charge in [-0.2, -0.15) is 5.26 Å². The number of alkyl halides is 2. The van der Waals surface area contributed by atoms with Crippen LogP contribution in [0.25, 0.3) is 0 Å². The van der Waals surface area contributed by atoms with Crippen molar-refractivity contribution in [2.75, 3.05) is 19.0 Å². The fourth-order valence-electron chi connectivity index (χ4n) is 5.03. The number of anilines is 1. The summed E-state index contributed by atoms with van der Waals surface area (Å²) in [5.41, 5.74) is 4.07. The fraction of sp³-hybridized carbons (Fsp3) is 0.375. The number of benzene rings is 1. The summed E-state index contributed by atoms with van der Waals surface area (Å²) in [4.78, 5) is 17.8. The molecule has 0 spiro atoms. The van der Waals surface area contributed by atoms with Gasteiger partial charge in [-0.05, 0) is 25.5 Å². The van der Waals surface area contributed by atoms with Crippen molar-refractivity contribution in [1.29, 1.82) is 5.26 Å². The highest BCUT2D eigenvalue weighted by Crippen LogP contribution is 2.53. The Labute approximate surface area is 189 Å². The first kappa shape index (κ1) is 21.5. The van der Waals surface area contributed by atoms with Crippen molar-refractivity contribution in [3.63, 3.8) is 0 Å². The van der Waals surface area contributed by atoms with Gasteiger partial charge in [0.1, 0.15) is 5.69 Å². The van der Waals surface area contributed by atoms with Gasteiger partial charge in [0.15, 0.2) is 0 Å². The molecule has 2 aliphatic heterocycles. The predicted octanol–water partition coefficient (Wildman–Crippen LogP) is 4.49. The summed E-state index contributed by atoms with van der Waals surface area (Å²) < 4.78 is 31.2. The molecule has 2 aromatic rings. The van der Waals surface area contributed by atoms with E-state index >= 15 is 0 Å². The molecule has 33 heavy (non-hydrogen) atoms. The first-order valence-corrected chi connectivity index (χ1v) is 10.7. The number of nitrogens with zero attached hydrogens (tertiary/aromatic N) is 3. The number of nitriles is 1. The normalized spacial score (nSPS) is 25.2. The van der Waals surface area contributed by atoms with Gasteiger partial charge in [-0.15, -0.1) is 0 Å². The van der Waals surface area contributed by atoms with Gasteiger partial charge >= 0.3 is 5.91 Å². The molecule has 1 amide bonds. The fourth-order valence-corrected chi connectivity index (χ4v) is 5.03. The lowest BCUT2D eigenvalue weighted by Gasteiger charge is -2.45. The summed E-state index contributed by atoms with van der Waals surface area (Å²) in [7, 11) is 1.26. The molecule has 0 bridgehead atoms. The number of quaternary nitrogens is 1. The number of hydroxylamine groups is 2. The average molecular weight is 452 g/mol. The SMILES string of the molecule is CC1=C2C(=O)[N+](C)([O-])c3cc(C#N)ccc3[C@@H]2c2c(OCC3CC(F)(F)C3)ncc(C)c2N1. The van der Waals surface area contributed by atoms with Crippen LogP contribution in [0.5, 0.6) is 5.88 Å².